The van der Waals surface area contributed by atoms with E-state index in [-0.39, 0.29) is 23.5 Å². The molecule has 1 fully saturated rings. The van der Waals surface area contributed by atoms with Gasteiger partial charge >= 0.3 is 0 Å². The van der Waals surface area contributed by atoms with E-state index in [2.05, 4.69) is 4.98 Å². The van der Waals surface area contributed by atoms with Crippen LogP contribution in [0.2, 0.25) is 0 Å². The highest BCUT2D eigenvalue weighted by Gasteiger charge is 2.26. The molecule has 1 amide bonds. The molecular formula is C15H22N2O3. The molecule has 2 N–H and O–H groups in total. The maximum Gasteiger partial charge on any atom is 0.253 e. The van der Waals surface area contributed by atoms with Gasteiger partial charge in [0.2, 0.25) is 5.56 Å². The summed E-state index contributed by atoms with van der Waals surface area (Å²) in [4.78, 5) is 28.0. The Bertz CT molecular complexity index is 538. The van der Waals surface area contributed by atoms with Crippen LogP contribution in [0.1, 0.15) is 41.7 Å². The number of nitrogens with one attached hydrogen (secondary N) is 1. The Balaban J connectivity index is 2.06. The van der Waals surface area contributed by atoms with E-state index >= 15 is 0 Å². The van der Waals surface area contributed by atoms with E-state index in [1.807, 2.05) is 0 Å². The van der Waals surface area contributed by atoms with Crippen molar-refractivity contribution in [3.05, 3.63) is 33.7 Å². The summed E-state index contributed by atoms with van der Waals surface area (Å²) in [6, 6.07) is 3.00. The van der Waals surface area contributed by atoms with E-state index in [1.165, 1.54) is 6.07 Å². The molecule has 1 heterocycles. The summed E-state index contributed by atoms with van der Waals surface area (Å²) < 4.78 is 0. The average molecular weight is 278 g/mol. The monoisotopic (exact) mass is 278 g/mol. The number of amides is 1. The molecule has 1 aliphatic carbocycles. The summed E-state index contributed by atoms with van der Waals surface area (Å²) in [7, 11) is 1.72. The topological polar surface area (TPSA) is 73.4 Å². The zero-order chi connectivity index (χ0) is 14.7. The first-order chi connectivity index (χ1) is 9.47. The summed E-state index contributed by atoms with van der Waals surface area (Å²) in [6.07, 6.45) is 3.61. The molecule has 5 heteroatoms. The van der Waals surface area contributed by atoms with E-state index in [4.69, 9.17) is 0 Å². The molecule has 1 saturated carbocycles. The molecule has 110 valence electrons. The van der Waals surface area contributed by atoms with Crippen molar-refractivity contribution in [2.45, 2.75) is 38.7 Å². The number of rotatable bonds is 3. The van der Waals surface area contributed by atoms with Crippen molar-refractivity contribution >= 4 is 5.91 Å². The van der Waals surface area contributed by atoms with Crippen LogP contribution in [-0.2, 0) is 0 Å². The number of hydrogen-bond acceptors (Lipinski definition) is 3. The lowest BCUT2D eigenvalue weighted by Gasteiger charge is -2.31. The SMILES string of the molecule is Cc1cc(C(=O)N(C)CC2CCCCC2O)cc(=O)[nH]1. The number of aromatic nitrogens is 1. The minimum absolute atomic E-state index is 0.140. The lowest BCUT2D eigenvalue weighted by Crippen LogP contribution is -2.38. The Morgan fingerprint density at radius 1 is 1.40 bits per heavy atom. The first kappa shape index (κ1) is 14.8. The normalized spacial score (nSPS) is 22.6. The molecule has 0 radical (unpaired) electrons. The molecule has 1 aliphatic rings. The predicted molar refractivity (Wildman–Crippen MR) is 76.7 cm³/mol. The maximum atomic E-state index is 12.3. The second-order valence-corrected chi connectivity index (χ2v) is 5.71. The van der Waals surface area contributed by atoms with Crippen LogP contribution in [0.3, 0.4) is 0 Å². The predicted octanol–water partition coefficient (Wildman–Crippen LogP) is 1.31. The van der Waals surface area contributed by atoms with Gasteiger partial charge in [-0.05, 0) is 25.8 Å². The summed E-state index contributed by atoms with van der Waals surface area (Å²) in [5.41, 5.74) is 0.811. The van der Waals surface area contributed by atoms with Gasteiger partial charge in [-0.3, -0.25) is 9.59 Å². The first-order valence-corrected chi connectivity index (χ1v) is 7.12. The van der Waals surface area contributed by atoms with Gasteiger partial charge in [0.05, 0.1) is 6.10 Å². The second kappa shape index (κ2) is 6.22. The number of aromatic amines is 1. The summed E-state index contributed by atoms with van der Waals surface area (Å²) in [5, 5.41) is 9.97. The number of aliphatic hydroxyl groups excluding tert-OH is 1. The number of hydrogen-bond donors (Lipinski definition) is 2. The van der Waals surface area contributed by atoms with Crippen LogP contribution >= 0.6 is 0 Å². The van der Waals surface area contributed by atoms with Gasteiger partial charge in [0, 0.05) is 36.8 Å². The van der Waals surface area contributed by atoms with Crippen molar-refractivity contribution in [1.82, 2.24) is 9.88 Å². The molecule has 1 aromatic heterocycles. The largest absolute Gasteiger partial charge is 0.393 e. The van der Waals surface area contributed by atoms with Crippen LogP contribution in [-0.4, -0.2) is 40.6 Å². The van der Waals surface area contributed by atoms with Crippen LogP contribution in [0.15, 0.2) is 16.9 Å². The van der Waals surface area contributed by atoms with Gasteiger partial charge in [-0.1, -0.05) is 12.8 Å². The van der Waals surface area contributed by atoms with E-state index in [1.54, 1.807) is 24.9 Å². The maximum absolute atomic E-state index is 12.3. The van der Waals surface area contributed by atoms with Crippen LogP contribution in [0.5, 0.6) is 0 Å². The number of nitrogens with zero attached hydrogens (tertiary/aromatic N) is 1. The molecule has 0 aliphatic heterocycles. The molecule has 2 unspecified atom stereocenters. The van der Waals surface area contributed by atoms with Gasteiger partial charge in [0.25, 0.3) is 5.91 Å². The summed E-state index contributed by atoms with van der Waals surface area (Å²) in [6.45, 7) is 2.29. The lowest BCUT2D eigenvalue weighted by atomic mass is 9.86. The molecule has 20 heavy (non-hydrogen) atoms. The van der Waals surface area contributed by atoms with Crippen molar-refractivity contribution in [2.24, 2.45) is 5.92 Å². The molecule has 0 spiro atoms. The van der Waals surface area contributed by atoms with Crippen molar-refractivity contribution in [3.8, 4) is 0 Å². The van der Waals surface area contributed by atoms with Crippen LogP contribution in [0.25, 0.3) is 0 Å². The van der Waals surface area contributed by atoms with Gasteiger partial charge in [-0.15, -0.1) is 0 Å². The summed E-state index contributed by atoms with van der Waals surface area (Å²) >= 11 is 0. The van der Waals surface area contributed by atoms with E-state index < -0.39 is 0 Å². The molecule has 0 saturated heterocycles. The Morgan fingerprint density at radius 2 is 2.10 bits per heavy atom. The Morgan fingerprint density at radius 3 is 2.75 bits per heavy atom. The third-order valence-corrected chi connectivity index (χ3v) is 3.95. The highest BCUT2D eigenvalue weighted by Crippen LogP contribution is 2.25. The smallest absolute Gasteiger partial charge is 0.253 e. The van der Waals surface area contributed by atoms with Crippen LogP contribution in [0, 0.1) is 12.8 Å². The fourth-order valence-electron chi connectivity index (χ4n) is 2.86. The third kappa shape index (κ3) is 3.48. The van der Waals surface area contributed by atoms with Gasteiger partial charge < -0.3 is 15.0 Å². The van der Waals surface area contributed by atoms with Crippen LogP contribution in [0.4, 0.5) is 0 Å². The molecule has 0 aromatic carbocycles. The number of pyridine rings is 1. The number of aryl methyl sites for hydroxylation is 1. The van der Waals surface area contributed by atoms with E-state index in [0.717, 1.165) is 25.7 Å². The Labute approximate surface area is 118 Å². The lowest BCUT2D eigenvalue weighted by molar-refractivity contribution is 0.0451. The van der Waals surface area contributed by atoms with Crippen molar-refractivity contribution in [1.29, 1.82) is 0 Å². The van der Waals surface area contributed by atoms with Gasteiger partial charge in [-0.2, -0.15) is 0 Å². The van der Waals surface area contributed by atoms with Crippen LogP contribution < -0.4 is 5.56 Å². The zero-order valence-corrected chi connectivity index (χ0v) is 12.1. The quantitative estimate of drug-likeness (QED) is 0.875. The Kier molecular flexibility index (Phi) is 4.60. The minimum Gasteiger partial charge on any atom is -0.393 e. The number of H-pyrrole nitrogens is 1. The van der Waals surface area contributed by atoms with Gasteiger partial charge in [-0.25, -0.2) is 0 Å². The molecule has 2 rings (SSSR count). The van der Waals surface area contributed by atoms with Crippen molar-refractivity contribution in [3.63, 3.8) is 0 Å². The molecule has 5 nitrogen and oxygen atoms in total. The second-order valence-electron chi connectivity index (χ2n) is 5.71. The molecule has 2 atom stereocenters. The highest BCUT2D eigenvalue weighted by molar-refractivity contribution is 5.94. The standard InChI is InChI=1S/C15H22N2O3/c1-10-7-12(8-14(19)16-10)15(20)17(2)9-11-5-3-4-6-13(11)18/h7-8,11,13,18H,3-6,9H2,1-2H3,(H,16,19). The zero-order valence-electron chi connectivity index (χ0n) is 12.1. The van der Waals surface area contributed by atoms with Crippen molar-refractivity contribution < 1.29 is 9.90 Å². The first-order valence-electron chi connectivity index (χ1n) is 7.12. The van der Waals surface area contributed by atoms with Gasteiger partial charge in [0.1, 0.15) is 0 Å². The molecule has 0 bridgehead atoms. The average Bonchev–Trinajstić information content (AvgIpc) is 2.39. The summed E-state index contributed by atoms with van der Waals surface area (Å²) in [5.74, 6) is -0.0298. The van der Waals surface area contributed by atoms with Gasteiger partial charge in [0.15, 0.2) is 0 Å². The number of carbonyl (C=O) groups is 1. The molecular weight excluding hydrogens is 256 g/mol. The molecule has 1 aromatic rings. The minimum atomic E-state index is -0.320. The van der Waals surface area contributed by atoms with Crippen molar-refractivity contribution in [2.75, 3.05) is 13.6 Å². The number of aliphatic hydroxyl groups is 1. The Hall–Kier alpha value is -1.62. The fourth-order valence-corrected chi connectivity index (χ4v) is 2.86. The third-order valence-electron chi connectivity index (χ3n) is 3.95. The van der Waals surface area contributed by atoms with E-state index in [0.29, 0.717) is 17.8 Å². The van der Waals surface area contributed by atoms with E-state index in [9.17, 15) is 14.7 Å². The fraction of sp³-hybridized carbons (Fsp3) is 0.600. The highest BCUT2D eigenvalue weighted by atomic mass is 16.3. The number of carbonyl (C=O) groups excluding carboxylic acids is 1.